The van der Waals surface area contributed by atoms with Gasteiger partial charge in [-0.2, -0.15) is 5.10 Å². The average molecular weight is 393 g/mol. The zero-order chi connectivity index (χ0) is 20.1. The third kappa shape index (κ3) is 3.13. The maximum atomic E-state index is 13.7. The van der Waals surface area contributed by atoms with E-state index in [0.717, 1.165) is 16.6 Å². The van der Waals surface area contributed by atoms with Crippen LogP contribution in [-0.4, -0.2) is 54.7 Å². The standard InChI is InChI=1S/C20H20FN7O/c1-26-9-14(21)6-17(26)15-10-28-11-18(22-8-19(28)24-15)25-20(29)12-3-4-16-13(5-12)7-23-27(16)2/h3-5,7-8,10-11,14,17H,6,9H2,1-2H3,(H,25,29)/t14-,17+/m0/s1. The van der Waals surface area contributed by atoms with Crippen molar-refractivity contribution in [1.82, 2.24) is 29.0 Å². The highest BCUT2D eigenvalue weighted by molar-refractivity contribution is 6.05. The first kappa shape index (κ1) is 17.7. The number of halogens is 1. The minimum absolute atomic E-state index is 0.0471. The summed E-state index contributed by atoms with van der Waals surface area (Å²) in [4.78, 5) is 23.5. The van der Waals surface area contributed by atoms with Crippen LogP contribution in [0, 0.1) is 0 Å². The third-order valence-electron chi connectivity index (χ3n) is 5.45. The number of alkyl halides is 1. The number of hydrogen-bond donors (Lipinski definition) is 1. The molecule has 0 spiro atoms. The van der Waals surface area contributed by atoms with Crippen LogP contribution in [0.25, 0.3) is 16.6 Å². The summed E-state index contributed by atoms with van der Waals surface area (Å²) in [6, 6.07) is 5.38. The molecule has 8 nitrogen and oxygen atoms in total. The first-order valence-corrected chi connectivity index (χ1v) is 9.40. The number of carbonyl (C=O) groups is 1. The Morgan fingerprint density at radius 3 is 2.90 bits per heavy atom. The van der Waals surface area contributed by atoms with E-state index in [1.807, 2.05) is 35.7 Å². The Balaban J connectivity index is 1.39. The van der Waals surface area contributed by atoms with Crippen molar-refractivity contribution in [2.75, 3.05) is 18.9 Å². The Morgan fingerprint density at radius 2 is 2.10 bits per heavy atom. The second-order valence-electron chi connectivity index (χ2n) is 7.49. The van der Waals surface area contributed by atoms with Crippen molar-refractivity contribution in [2.24, 2.45) is 7.05 Å². The van der Waals surface area contributed by atoms with Crippen LogP contribution < -0.4 is 5.32 Å². The quantitative estimate of drug-likeness (QED) is 0.579. The van der Waals surface area contributed by atoms with Crippen molar-refractivity contribution in [3.05, 3.63) is 54.2 Å². The number of fused-ring (bicyclic) bond motifs is 2. The van der Waals surface area contributed by atoms with E-state index in [1.54, 1.807) is 35.4 Å². The number of anilines is 1. The molecule has 148 valence electrons. The predicted octanol–water partition coefficient (Wildman–Crippen LogP) is 2.58. The van der Waals surface area contributed by atoms with Crippen molar-refractivity contribution in [1.29, 1.82) is 0 Å². The van der Waals surface area contributed by atoms with Crippen LogP contribution >= 0.6 is 0 Å². The molecule has 0 bridgehead atoms. The Kier molecular flexibility index (Phi) is 4.06. The van der Waals surface area contributed by atoms with Crippen molar-refractivity contribution < 1.29 is 9.18 Å². The average Bonchev–Trinajstić information content (AvgIpc) is 3.37. The molecule has 4 heterocycles. The molecule has 1 aromatic carbocycles. The highest BCUT2D eigenvalue weighted by atomic mass is 19.1. The minimum Gasteiger partial charge on any atom is -0.305 e. The Bertz CT molecular complexity index is 1230. The first-order valence-electron chi connectivity index (χ1n) is 9.40. The van der Waals surface area contributed by atoms with Gasteiger partial charge < -0.3 is 9.72 Å². The van der Waals surface area contributed by atoms with E-state index in [4.69, 9.17) is 0 Å². The largest absolute Gasteiger partial charge is 0.305 e. The first-order chi connectivity index (χ1) is 14.0. The van der Waals surface area contributed by atoms with Gasteiger partial charge in [-0.1, -0.05) is 0 Å². The molecule has 0 unspecified atom stereocenters. The van der Waals surface area contributed by atoms with Gasteiger partial charge in [0.2, 0.25) is 0 Å². The van der Waals surface area contributed by atoms with Crippen LogP contribution in [0.1, 0.15) is 28.5 Å². The highest BCUT2D eigenvalue weighted by Gasteiger charge is 2.32. The highest BCUT2D eigenvalue weighted by Crippen LogP contribution is 2.31. The lowest BCUT2D eigenvalue weighted by Crippen LogP contribution is -2.18. The van der Waals surface area contributed by atoms with E-state index >= 15 is 0 Å². The van der Waals surface area contributed by atoms with E-state index in [9.17, 15) is 9.18 Å². The molecule has 9 heteroatoms. The van der Waals surface area contributed by atoms with E-state index < -0.39 is 6.17 Å². The number of carbonyl (C=O) groups excluding carboxylic acids is 1. The van der Waals surface area contributed by atoms with Crippen molar-refractivity contribution in [3.8, 4) is 0 Å². The molecule has 2 atom stereocenters. The number of likely N-dealkylation sites (tertiary alicyclic amines) is 1. The molecular formula is C20H20FN7O. The van der Waals surface area contributed by atoms with Crippen LogP contribution in [0.4, 0.5) is 10.2 Å². The zero-order valence-corrected chi connectivity index (χ0v) is 16.1. The van der Waals surface area contributed by atoms with Crippen LogP contribution in [0.3, 0.4) is 0 Å². The zero-order valence-electron chi connectivity index (χ0n) is 16.1. The summed E-state index contributed by atoms with van der Waals surface area (Å²) in [5.41, 5.74) is 2.95. The van der Waals surface area contributed by atoms with Gasteiger partial charge in [0, 0.05) is 37.2 Å². The van der Waals surface area contributed by atoms with Gasteiger partial charge in [-0.05, 0) is 25.2 Å². The number of aryl methyl sites for hydroxylation is 1. The molecular weight excluding hydrogens is 373 g/mol. The number of nitrogens with one attached hydrogen (secondary N) is 1. The summed E-state index contributed by atoms with van der Waals surface area (Å²) in [6.45, 7) is 0.416. The van der Waals surface area contributed by atoms with E-state index in [2.05, 4.69) is 20.4 Å². The summed E-state index contributed by atoms with van der Waals surface area (Å²) in [6.07, 6.45) is 6.52. The summed E-state index contributed by atoms with van der Waals surface area (Å²) in [7, 11) is 3.76. The monoisotopic (exact) mass is 393 g/mol. The number of aromatic nitrogens is 5. The molecule has 1 fully saturated rings. The number of benzene rings is 1. The topological polar surface area (TPSA) is 80.4 Å². The van der Waals surface area contributed by atoms with E-state index in [-0.39, 0.29) is 11.9 Å². The van der Waals surface area contributed by atoms with Crippen molar-refractivity contribution in [2.45, 2.75) is 18.6 Å². The molecule has 1 aliphatic rings. The third-order valence-corrected chi connectivity index (χ3v) is 5.45. The van der Waals surface area contributed by atoms with Crippen molar-refractivity contribution >= 4 is 28.3 Å². The van der Waals surface area contributed by atoms with Gasteiger partial charge in [0.15, 0.2) is 5.65 Å². The molecule has 1 aliphatic heterocycles. The van der Waals surface area contributed by atoms with Gasteiger partial charge in [0.1, 0.15) is 12.0 Å². The smallest absolute Gasteiger partial charge is 0.256 e. The Hall–Kier alpha value is -3.33. The molecule has 29 heavy (non-hydrogen) atoms. The molecule has 4 aromatic rings. The number of amides is 1. The van der Waals surface area contributed by atoms with Gasteiger partial charge in [-0.3, -0.25) is 14.4 Å². The molecule has 0 aliphatic carbocycles. The fraction of sp³-hybridized carbons (Fsp3) is 0.300. The molecule has 1 N–H and O–H groups in total. The van der Waals surface area contributed by atoms with Gasteiger partial charge >= 0.3 is 0 Å². The van der Waals surface area contributed by atoms with Crippen LogP contribution in [0.5, 0.6) is 0 Å². The molecule has 0 saturated carbocycles. The van der Waals surface area contributed by atoms with Gasteiger partial charge in [0.25, 0.3) is 5.91 Å². The number of rotatable bonds is 3. The van der Waals surface area contributed by atoms with Crippen LogP contribution in [0.15, 0.2) is 43.0 Å². The lowest BCUT2D eigenvalue weighted by atomic mass is 10.1. The lowest BCUT2D eigenvalue weighted by molar-refractivity contribution is 0.102. The lowest BCUT2D eigenvalue weighted by Gasteiger charge is -2.15. The molecule has 3 aromatic heterocycles. The molecule has 0 radical (unpaired) electrons. The van der Waals surface area contributed by atoms with Crippen LogP contribution in [-0.2, 0) is 7.05 Å². The fourth-order valence-electron chi connectivity index (χ4n) is 3.92. The van der Waals surface area contributed by atoms with Crippen molar-refractivity contribution in [3.63, 3.8) is 0 Å². The second kappa shape index (κ2) is 6.63. The van der Waals surface area contributed by atoms with Gasteiger partial charge in [0.05, 0.1) is 35.8 Å². The van der Waals surface area contributed by atoms with E-state index in [1.165, 1.54) is 0 Å². The number of imidazole rings is 1. The van der Waals surface area contributed by atoms with Gasteiger partial charge in [-0.15, -0.1) is 0 Å². The predicted molar refractivity (Wildman–Crippen MR) is 107 cm³/mol. The normalized spacial score (nSPS) is 20.0. The number of hydrogen-bond acceptors (Lipinski definition) is 5. The number of nitrogens with zero attached hydrogens (tertiary/aromatic N) is 6. The van der Waals surface area contributed by atoms with Gasteiger partial charge in [-0.25, -0.2) is 14.4 Å². The minimum atomic E-state index is -0.833. The van der Waals surface area contributed by atoms with Crippen LogP contribution in [0.2, 0.25) is 0 Å². The second-order valence-corrected chi connectivity index (χ2v) is 7.49. The maximum Gasteiger partial charge on any atom is 0.256 e. The molecule has 1 amide bonds. The fourth-order valence-corrected chi connectivity index (χ4v) is 3.92. The summed E-state index contributed by atoms with van der Waals surface area (Å²) in [5, 5.41) is 7.91. The molecule has 5 rings (SSSR count). The molecule has 1 saturated heterocycles. The Morgan fingerprint density at radius 1 is 1.24 bits per heavy atom. The Labute approximate surface area is 166 Å². The summed E-state index contributed by atoms with van der Waals surface area (Å²) >= 11 is 0. The summed E-state index contributed by atoms with van der Waals surface area (Å²) < 4.78 is 17.3. The maximum absolute atomic E-state index is 13.7. The SMILES string of the molecule is CN1C[C@@H](F)C[C@@H]1c1cn2cc(NC(=O)c3ccc4c(cnn4C)c3)ncc2n1. The summed E-state index contributed by atoms with van der Waals surface area (Å²) in [5.74, 6) is 0.166. The van der Waals surface area contributed by atoms with E-state index in [0.29, 0.717) is 30.0 Å².